The monoisotopic (exact) mass is 579 g/mol. The van der Waals surface area contributed by atoms with Crippen molar-refractivity contribution in [3.05, 3.63) is 36.3 Å². The number of likely N-dealkylation sites (tertiary alicyclic amines) is 1. The van der Waals surface area contributed by atoms with Crippen LogP contribution in [-0.4, -0.2) is 75.7 Å². The first-order valence-corrected chi connectivity index (χ1v) is 15.3. The largest absolute Gasteiger partial charge is 0.459 e. The molecule has 0 radical (unpaired) electrons. The first kappa shape index (κ1) is 26.8. The van der Waals surface area contributed by atoms with E-state index in [1.165, 1.54) is 6.26 Å². The van der Waals surface area contributed by atoms with Gasteiger partial charge >= 0.3 is 5.97 Å². The maximum atomic E-state index is 14.6. The number of carbonyl (C=O) groups is 4. The lowest BCUT2D eigenvalue weighted by molar-refractivity contribution is -0.465. The Balaban J connectivity index is 1.09. The van der Waals surface area contributed by atoms with Crippen molar-refractivity contribution in [2.24, 2.45) is 45.8 Å². The average Bonchev–Trinajstić information content (AvgIpc) is 3.52. The van der Waals surface area contributed by atoms with E-state index in [-0.39, 0.29) is 30.0 Å². The number of amides is 1. The van der Waals surface area contributed by atoms with Crippen molar-refractivity contribution in [3.63, 3.8) is 0 Å². The fraction of sp³-hybridized carbons (Fsp3) is 0.688. The van der Waals surface area contributed by atoms with Crippen LogP contribution in [0.5, 0.6) is 0 Å². The van der Waals surface area contributed by atoms with E-state index in [1.807, 2.05) is 13.8 Å². The number of esters is 1. The van der Waals surface area contributed by atoms with Crippen molar-refractivity contribution in [1.82, 2.24) is 4.90 Å². The summed E-state index contributed by atoms with van der Waals surface area (Å²) in [6.07, 6.45) is 2.91. The number of carbonyl (C=O) groups excluding carboxylic acids is 4. The molecule has 5 aliphatic carbocycles. The molecule has 1 amide bonds. The molecule has 9 rings (SSSR count). The van der Waals surface area contributed by atoms with Crippen LogP contribution in [0.15, 0.2) is 35.0 Å². The molecule has 1 aromatic heterocycles. The first-order chi connectivity index (χ1) is 19.9. The van der Waals surface area contributed by atoms with Crippen molar-refractivity contribution < 1.29 is 43.3 Å². The molecule has 9 atom stereocenters. The standard InChI is InChI=1S/C32H37NO9/c1-16-18-6-7-20-29-15-41-32(39,24(35)23(29)28(2,3)11-8-21(29)34)30(20)22(18)31(16,27(30)38)42-26(37)17-9-12-33(13-10-17)25(36)19-5-4-14-40-19/h4-5,14,17-18,20,22-24,35,39H,1,6-13,15H2,2-3H3. The molecule has 9 unspecified atom stereocenters. The van der Waals surface area contributed by atoms with Gasteiger partial charge < -0.3 is 29.0 Å². The molecule has 10 heteroatoms. The third-order valence-corrected chi connectivity index (χ3v) is 12.8. The van der Waals surface area contributed by atoms with Crippen molar-refractivity contribution in [3.8, 4) is 0 Å². The third kappa shape index (κ3) is 2.62. The minimum atomic E-state index is -2.17. The molecule has 8 fully saturated rings. The fourth-order valence-corrected chi connectivity index (χ4v) is 11.0. The van der Waals surface area contributed by atoms with Crippen LogP contribution in [0, 0.1) is 45.8 Å². The number of hydrogen-bond donors (Lipinski definition) is 2. The predicted molar refractivity (Wildman–Crippen MR) is 143 cm³/mol. The van der Waals surface area contributed by atoms with E-state index < -0.39 is 69.2 Å². The van der Waals surface area contributed by atoms with Crippen molar-refractivity contribution in [2.45, 2.75) is 69.9 Å². The van der Waals surface area contributed by atoms with Gasteiger partial charge in [-0.2, -0.15) is 0 Å². The molecule has 3 saturated heterocycles. The minimum absolute atomic E-state index is 0.00764. The molecule has 4 heterocycles. The number of rotatable bonds is 3. The zero-order chi connectivity index (χ0) is 29.6. The van der Waals surface area contributed by atoms with Gasteiger partial charge in [0.15, 0.2) is 17.1 Å². The lowest BCUT2D eigenvalue weighted by atomic mass is 9.21. The Hall–Kier alpha value is -2.82. The topological polar surface area (TPSA) is 144 Å². The molecule has 2 N–H and O–H groups in total. The van der Waals surface area contributed by atoms with Gasteiger partial charge in [-0.15, -0.1) is 0 Å². The van der Waals surface area contributed by atoms with Gasteiger partial charge in [-0.25, -0.2) is 0 Å². The Morgan fingerprint density at radius 3 is 2.55 bits per heavy atom. The second-order valence-electron chi connectivity index (χ2n) is 14.5. The van der Waals surface area contributed by atoms with E-state index >= 15 is 0 Å². The number of aliphatic hydroxyl groups is 2. The van der Waals surface area contributed by atoms with Gasteiger partial charge in [-0.3, -0.25) is 19.2 Å². The van der Waals surface area contributed by atoms with Crippen molar-refractivity contribution in [2.75, 3.05) is 19.7 Å². The second kappa shape index (κ2) is 8.01. The zero-order valence-electron chi connectivity index (χ0n) is 24.0. The molecular formula is C32H37NO9. The summed E-state index contributed by atoms with van der Waals surface area (Å²) >= 11 is 0. The summed E-state index contributed by atoms with van der Waals surface area (Å²) in [5.41, 5.74) is -4.10. The Morgan fingerprint density at radius 1 is 1.12 bits per heavy atom. The molecule has 224 valence electrons. The van der Waals surface area contributed by atoms with Gasteiger partial charge in [0.2, 0.25) is 5.79 Å². The Morgan fingerprint density at radius 2 is 1.86 bits per heavy atom. The number of piperidine rings is 1. The van der Waals surface area contributed by atoms with Crippen LogP contribution in [0.1, 0.15) is 62.9 Å². The highest BCUT2D eigenvalue weighted by Crippen LogP contribution is 2.85. The number of hydrogen-bond acceptors (Lipinski definition) is 9. The van der Waals surface area contributed by atoms with Gasteiger partial charge in [0.05, 0.1) is 24.2 Å². The highest BCUT2D eigenvalue weighted by Gasteiger charge is 2.97. The normalized spacial score (nSPS) is 46.6. The third-order valence-electron chi connectivity index (χ3n) is 12.8. The van der Waals surface area contributed by atoms with Gasteiger partial charge in [0, 0.05) is 31.3 Å². The Labute approximate surface area is 243 Å². The molecule has 3 aliphatic heterocycles. The predicted octanol–water partition coefficient (Wildman–Crippen LogP) is 2.28. The summed E-state index contributed by atoms with van der Waals surface area (Å²) in [6, 6.07) is 3.25. The Bertz CT molecular complexity index is 1440. The molecule has 5 saturated carbocycles. The molecule has 2 spiro atoms. The van der Waals surface area contributed by atoms with E-state index in [2.05, 4.69) is 6.58 Å². The minimum Gasteiger partial charge on any atom is -0.459 e. The number of furan rings is 1. The number of ether oxygens (including phenoxy) is 2. The van der Waals surface area contributed by atoms with E-state index in [0.29, 0.717) is 57.2 Å². The summed E-state index contributed by atoms with van der Waals surface area (Å²) in [5, 5.41) is 24.1. The average molecular weight is 580 g/mol. The van der Waals surface area contributed by atoms with Crippen LogP contribution >= 0.6 is 0 Å². The number of ketones is 2. The van der Waals surface area contributed by atoms with Crippen LogP contribution in [0.4, 0.5) is 0 Å². The quantitative estimate of drug-likeness (QED) is 0.407. The number of nitrogens with zero attached hydrogens (tertiary/aromatic N) is 1. The maximum Gasteiger partial charge on any atom is 0.310 e. The van der Waals surface area contributed by atoms with Crippen LogP contribution in [0.3, 0.4) is 0 Å². The summed E-state index contributed by atoms with van der Waals surface area (Å²) in [5.74, 6) is -5.52. The number of fused-ring (bicyclic) bond motifs is 1. The SMILES string of the molecule is C=C1C2CCC3C45COC(O)(C(O)C4C(C)(C)CCC5=O)C34C(=O)C1(OC(=O)C1CCN(C(=O)c3ccco3)CC1)C24. The van der Waals surface area contributed by atoms with Gasteiger partial charge in [-0.1, -0.05) is 20.4 Å². The maximum absolute atomic E-state index is 14.6. The molecule has 42 heavy (non-hydrogen) atoms. The smallest absolute Gasteiger partial charge is 0.310 e. The lowest BCUT2D eigenvalue weighted by Crippen LogP contribution is -2.97. The first-order valence-electron chi connectivity index (χ1n) is 15.3. The number of Topliss-reactive ketones (excluding diaryl/α,β-unsaturated/α-hetero) is 2. The molecule has 1 aromatic rings. The molecule has 8 aliphatic rings. The van der Waals surface area contributed by atoms with Gasteiger partial charge in [0.25, 0.3) is 5.91 Å². The van der Waals surface area contributed by atoms with Gasteiger partial charge in [-0.05, 0) is 67.1 Å². The lowest BCUT2D eigenvalue weighted by Gasteiger charge is -2.84. The van der Waals surface area contributed by atoms with E-state index in [0.717, 1.165) is 0 Å². The number of aliphatic hydroxyl groups excluding tert-OH is 1. The van der Waals surface area contributed by atoms with Crippen molar-refractivity contribution in [1.29, 1.82) is 0 Å². The highest BCUT2D eigenvalue weighted by atomic mass is 16.6. The molecule has 10 nitrogen and oxygen atoms in total. The Kier molecular flexibility index (Phi) is 5.11. The van der Waals surface area contributed by atoms with Crippen LogP contribution in [0.25, 0.3) is 0 Å². The second-order valence-corrected chi connectivity index (χ2v) is 14.5. The van der Waals surface area contributed by atoms with E-state index in [4.69, 9.17) is 13.9 Å². The highest BCUT2D eigenvalue weighted by molar-refractivity contribution is 6.10. The van der Waals surface area contributed by atoms with Crippen LogP contribution in [-0.2, 0) is 23.9 Å². The van der Waals surface area contributed by atoms with Crippen molar-refractivity contribution >= 4 is 23.4 Å². The van der Waals surface area contributed by atoms with E-state index in [1.54, 1.807) is 17.0 Å². The molecular weight excluding hydrogens is 542 g/mol. The summed E-state index contributed by atoms with van der Waals surface area (Å²) in [4.78, 5) is 56.4. The van der Waals surface area contributed by atoms with Gasteiger partial charge in [0.1, 0.15) is 17.3 Å². The van der Waals surface area contributed by atoms with Crippen LogP contribution < -0.4 is 0 Å². The molecule has 0 aromatic carbocycles. The summed E-state index contributed by atoms with van der Waals surface area (Å²) in [7, 11) is 0. The molecule has 2 bridgehead atoms. The summed E-state index contributed by atoms with van der Waals surface area (Å²) in [6.45, 7) is 8.90. The zero-order valence-corrected chi connectivity index (χ0v) is 24.0. The summed E-state index contributed by atoms with van der Waals surface area (Å²) < 4.78 is 17.4. The van der Waals surface area contributed by atoms with Crippen LogP contribution in [0.2, 0.25) is 0 Å². The fourth-order valence-electron chi connectivity index (χ4n) is 11.0. The van der Waals surface area contributed by atoms with E-state index in [9.17, 15) is 29.4 Å².